The van der Waals surface area contributed by atoms with Gasteiger partial charge in [0.1, 0.15) is 0 Å². The maximum absolute atomic E-state index is 11.1. The molecule has 0 aliphatic heterocycles. The molecule has 2 nitrogen and oxygen atoms in total. The van der Waals surface area contributed by atoms with E-state index in [1.807, 2.05) is 13.8 Å². The highest BCUT2D eigenvalue weighted by Gasteiger charge is 2.13. The lowest BCUT2D eigenvalue weighted by Crippen LogP contribution is -2.34. The average molecular weight is 209 g/mol. The van der Waals surface area contributed by atoms with Crippen LogP contribution in [-0.4, -0.2) is 11.9 Å². The number of carbonyl (C=O) groups is 1. The average Bonchev–Trinajstić information content (AvgIpc) is 2.47. The van der Waals surface area contributed by atoms with Gasteiger partial charge in [-0.05, 0) is 32.3 Å². The van der Waals surface area contributed by atoms with Crippen LogP contribution in [0.1, 0.15) is 46.5 Å². The van der Waals surface area contributed by atoms with Gasteiger partial charge < -0.3 is 5.32 Å². The Morgan fingerprint density at radius 2 is 2.20 bits per heavy atom. The first-order valence-corrected chi connectivity index (χ1v) is 5.83. The van der Waals surface area contributed by atoms with Crippen LogP contribution in [0.2, 0.25) is 0 Å². The Hall–Kier alpha value is -1.05. The van der Waals surface area contributed by atoms with Gasteiger partial charge in [-0.3, -0.25) is 4.79 Å². The molecule has 0 aromatic carbocycles. The molecule has 86 valence electrons. The fourth-order valence-corrected chi connectivity index (χ4v) is 1.61. The second-order valence-corrected chi connectivity index (χ2v) is 3.50. The molecule has 0 saturated carbocycles. The van der Waals surface area contributed by atoms with Gasteiger partial charge in [-0.15, -0.1) is 0 Å². The SMILES string of the molecule is C=CC(=O)NC1CCCCC=C1C.CC. The molecule has 0 aromatic heterocycles. The van der Waals surface area contributed by atoms with Crippen molar-refractivity contribution in [3.8, 4) is 0 Å². The molecule has 0 fully saturated rings. The number of hydrogen-bond acceptors (Lipinski definition) is 1. The zero-order valence-electron chi connectivity index (χ0n) is 10.2. The molecule has 1 rings (SSSR count). The van der Waals surface area contributed by atoms with Crippen LogP contribution in [0.3, 0.4) is 0 Å². The lowest BCUT2D eigenvalue weighted by atomic mass is 10.1. The van der Waals surface area contributed by atoms with Crippen molar-refractivity contribution in [2.75, 3.05) is 0 Å². The summed E-state index contributed by atoms with van der Waals surface area (Å²) in [5.41, 5.74) is 1.28. The third-order valence-corrected chi connectivity index (χ3v) is 2.46. The molecular formula is C13H23NO. The van der Waals surface area contributed by atoms with Crippen molar-refractivity contribution in [3.63, 3.8) is 0 Å². The number of nitrogens with one attached hydrogen (secondary N) is 1. The summed E-state index contributed by atoms with van der Waals surface area (Å²) in [6.07, 6.45) is 8.18. The van der Waals surface area contributed by atoms with Gasteiger partial charge in [0.05, 0.1) is 6.04 Å². The van der Waals surface area contributed by atoms with Crippen LogP contribution in [0.5, 0.6) is 0 Å². The standard InChI is InChI=1S/C11H17NO.C2H6/c1-3-11(13)12-10-8-6-4-5-7-9(10)2;1-2/h3,7,10H,1,4-6,8H2,2H3,(H,12,13);1-2H3. The molecule has 1 aliphatic rings. The molecule has 0 heterocycles. The molecule has 0 saturated heterocycles. The van der Waals surface area contributed by atoms with Crippen molar-refractivity contribution in [2.45, 2.75) is 52.5 Å². The Morgan fingerprint density at radius 1 is 1.53 bits per heavy atom. The van der Waals surface area contributed by atoms with Gasteiger partial charge in [-0.1, -0.05) is 38.5 Å². The fraction of sp³-hybridized carbons (Fsp3) is 0.615. The first kappa shape index (κ1) is 13.9. The van der Waals surface area contributed by atoms with Crippen molar-refractivity contribution in [1.29, 1.82) is 0 Å². The normalized spacial score (nSPS) is 20.2. The fourth-order valence-electron chi connectivity index (χ4n) is 1.61. The Balaban J connectivity index is 0.000000921. The minimum Gasteiger partial charge on any atom is -0.346 e. The van der Waals surface area contributed by atoms with Crippen molar-refractivity contribution in [1.82, 2.24) is 5.32 Å². The van der Waals surface area contributed by atoms with Gasteiger partial charge in [0.25, 0.3) is 0 Å². The van der Waals surface area contributed by atoms with Crippen LogP contribution in [0, 0.1) is 0 Å². The predicted octanol–water partition coefficient (Wildman–Crippen LogP) is 3.20. The zero-order chi connectivity index (χ0) is 11.7. The van der Waals surface area contributed by atoms with Crippen LogP contribution in [-0.2, 0) is 4.79 Å². The van der Waals surface area contributed by atoms with E-state index in [0.29, 0.717) is 0 Å². The van der Waals surface area contributed by atoms with Crippen LogP contribution in [0.4, 0.5) is 0 Å². The second kappa shape index (κ2) is 8.27. The van der Waals surface area contributed by atoms with Crippen LogP contribution >= 0.6 is 0 Å². The molecule has 1 atom stereocenters. The summed E-state index contributed by atoms with van der Waals surface area (Å²) in [5.74, 6) is -0.0698. The summed E-state index contributed by atoms with van der Waals surface area (Å²) < 4.78 is 0. The molecule has 2 heteroatoms. The minimum absolute atomic E-state index is 0.0698. The third kappa shape index (κ3) is 5.40. The quantitative estimate of drug-likeness (QED) is 0.549. The Kier molecular flexibility index (Phi) is 7.69. The lowest BCUT2D eigenvalue weighted by molar-refractivity contribution is -0.117. The Morgan fingerprint density at radius 3 is 2.80 bits per heavy atom. The molecule has 0 aromatic rings. The van der Waals surface area contributed by atoms with Gasteiger partial charge >= 0.3 is 0 Å². The summed E-state index contributed by atoms with van der Waals surface area (Å²) in [5, 5.41) is 2.93. The molecule has 0 bridgehead atoms. The minimum atomic E-state index is -0.0698. The van der Waals surface area contributed by atoms with Gasteiger partial charge in [-0.2, -0.15) is 0 Å². The maximum Gasteiger partial charge on any atom is 0.243 e. The molecule has 0 radical (unpaired) electrons. The van der Waals surface area contributed by atoms with E-state index in [1.165, 1.54) is 24.5 Å². The van der Waals surface area contributed by atoms with Crippen molar-refractivity contribution < 1.29 is 4.79 Å². The second-order valence-electron chi connectivity index (χ2n) is 3.50. The topological polar surface area (TPSA) is 29.1 Å². The third-order valence-electron chi connectivity index (χ3n) is 2.46. The monoisotopic (exact) mass is 209 g/mol. The van der Waals surface area contributed by atoms with E-state index in [1.54, 1.807) is 0 Å². The number of carbonyl (C=O) groups excluding carboxylic acids is 1. The van der Waals surface area contributed by atoms with Crippen molar-refractivity contribution in [2.24, 2.45) is 0 Å². The van der Waals surface area contributed by atoms with Gasteiger partial charge in [0.2, 0.25) is 5.91 Å². The van der Waals surface area contributed by atoms with Crippen LogP contribution < -0.4 is 5.32 Å². The molecule has 1 unspecified atom stereocenters. The van der Waals surface area contributed by atoms with E-state index in [0.717, 1.165) is 12.8 Å². The number of amides is 1. The molecule has 1 aliphatic carbocycles. The number of hydrogen-bond donors (Lipinski definition) is 1. The van der Waals surface area contributed by atoms with E-state index < -0.39 is 0 Å². The van der Waals surface area contributed by atoms with Crippen LogP contribution in [0.25, 0.3) is 0 Å². The predicted molar refractivity (Wildman–Crippen MR) is 65.7 cm³/mol. The molecule has 1 N–H and O–H groups in total. The van der Waals surface area contributed by atoms with Gasteiger partial charge in [-0.25, -0.2) is 0 Å². The zero-order valence-corrected chi connectivity index (χ0v) is 10.2. The maximum atomic E-state index is 11.1. The number of rotatable bonds is 2. The van der Waals surface area contributed by atoms with E-state index in [2.05, 4.69) is 24.9 Å². The smallest absolute Gasteiger partial charge is 0.243 e. The van der Waals surface area contributed by atoms with E-state index in [-0.39, 0.29) is 11.9 Å². The van der Waals surface area contributed by atoms with Gasteiger partial charge in [0, 0.05) is 0 Å². The largest absolute Gasteiger partial charge is 0.346 e. The molecular weight excluding hydrogens is 186 g/mol. The van der Waals surface area contributed by atoms with E-state index in [9.17, 15) is 4.79 Å². The number of allylic oxidation sites excluding steroid dienone is 1. The first-order chi connectivity index (χ1) is 7.24. The molecule has 15 heavy (non-hydrogen) atoms. The van der Waals surface area contributed by atoms with Crippen molar-refractivity contribution in [3.05, 3.63) is 24.3 Å². The van der Waals surface area contributed by atoms with Crippen molar-refractivity contribution >= 4 is 5.91 Å². The molecule has 1 amide bonds. The van der Waals surface area contributed by atoms with E-state index >= 15 is 0 Å². The highest BCUT2D eigenvalue weighted by molar-refractivity contribution is 5.87. The summed E-state index contributed by atoms with van der Waals surface area (Å²) in [4.78, 5) is 11.1. The Bertz CT molecular complexity index is 231. The molecule has 0 spiro atoms. The summed E-state index contributed by atoms with van der Waals surface area (Å²) >= 11 is 0. The summed E-state index contributed by atoms with van der Waals surface area (Å²) in [6, 6.07) is 0.230. The lowest BCUT2D eigenvalue weighted by Gasteiger charge is -2.16. The van der Waals surface area contributed by atoms with Gasteiger partial charge in [0.15, 0.2) is 0 Å². The highest BCUT2D eigenvalue weighted by atomic mass is 16.1. The van der Waals surface area contributed by atoms with E-state index in [4.69, 9.17) is 0 Å². The summed E-state index contributed by atoms with van der Waals surface area (Å²) in [6.45, 7) is 9.53. The summed E-state index contributed by atoms with van der Waals surface area (Å²) in [7, 11) is 0. The first-order valence-electron chi connectivity index (χ1n) is 5.83. The van der Waals surface area contributed by atoms with Crippen LogP contribution in [0.15, 0.2) is 24.3 Å². The highest BCUT2D eigenvalue weighted by Crippen LogP contribution is 2.17. The Labute approximate surface area is 93.5 Å².